The molecule has 94 valence electrons. The summed E-state index contributed by atoms with van der Waals surface area (Å²) < 4.78 is 13.6. The first-order chi connectivity index (χ1) is 9.15. The predicted molar refractivity (Wildman–Crippen MR) is 70.3 cm³/mol. The lowest BCUT2D eigenvalue weighted by Gasteiger charge is -2.11. The van der Waals surface area contributed by atoms with Crippen LogP contribution in [0.2, 0.25) is 0 Å². The molecule has 1 atom stereocenters. The van der Waals surface area contributed by atoms with E-state index in [-0.39, 0.29) is 5.56 Å². The van der Waals surface area contributed by atoms with Crippen LogP contribution in [0.5, 0.6) is 0 Å². The van der Waals surface area contributed by atoms with Gasteiger partial charge < -0.3 is 0 Å². The first-order valence-electron chi connectivity index (χ1n) is 5.89. The van der Waals surface area contributed by atoms with Crippen molar-refractivity contribution in [2.45, 2.75) is 12.8 Å². The van der Waals surface area contributed by atoms with Crippen LogP contribution in [0.25, 0.3) is 0 Å². The van der Waals surface area contributed by atoms with E-state index in [0.717, 1.165) is 5.56 Å². The average Bonchev–Trinajstić information content (AvgIpc) is 2.42. The molecule has 0 spiro atoms. The molecule has 0 N–H and O–H groups in total. The standard InChI is InChI=1S/C16H12FNO/c1-11-6-2-3-7-12(11)14(10-18)16(19)13-8-4-5-9-15(13)17/h2-9,14H,1H3. The van der Waals surface area contributed by atoms with Crippen LogP contribution in [-0.2, 0) is 0 Å². The van der Waals surface area contributed by atoms with Gasteiger partial charge >= 0.3 is 0 Å². The van der Waals surface area contributed by atoms with Crippen LogP contribution in [0, 0.1) is 24.1 Å². The van der Waals surface area contributed by atoms with Gasteiger partial charge in [0.2, 0.25) is 0 Å². The zero-order valence-corrected chi connectivity index (χ0v) is 10.4. The van der Waals surface area contributed by atoms with Gasteiger partial charge in [-0.15, -0.1) is 0 Å². The molecule has 2 rings (SSSR count). The zero-order chi connectivity index (χ0) is 13.8. The molecular formula is C16H12FNO. The molecule has 3 heteroatoms. The largest absolute Gasteiger partial charge is 0.292 e. The maximum absolute atomic E-state index is 13.6. The summed E-state index contributed by atoms with van der Waals surface area (Å²) in [4.78, 5) is 12.3. The van der Waals surface area contributed by atoms with Crippen molar-refractivity contribution in [3.8, 4) is 6.07 Å². The smallest absolute Gasteiger partial charge is 0.187 e. The van der Waals surface area contributed by atoms with Crippen molar-refractivity contribution in [1.82, 2.24) is 0 Å². The Balaban J connectivity index is 2.45. The molecule has 0 fully saturated rings. The van der Waals surface area contributed by atoms with E-state index in [1.807, 2.05) is 25.1 Å². The Morgan fingerprint density at radius 2 is 1.79 bits per heavy atom. The van der Waals surface area contributed by atoms with Gasteiger partial charge in [0.15, 0.2) is 5.78 Å². The van der Waals surface area contributed by atoms with Crippen molar-refractivity contribution in [3.63, 3.8) is 0 Å². The Bertz CT molecular complexity index is 658. The summed E-state index contributed by atoms with van der Waals surface area (Å²) in [5.74, 6) is -2.07. The summed E-state index contributed by atoms with van der Waals surface area (Å²) in [6.45, 7) is 1.83. The van der Waals surface area contributed by atoms with Crippen LogP contribution >= 0.6 is 0 Å². The minimum Gasteiger partial charge on any atom is -0.292 e. The summed E-state index contributed by atoms with van der Waals surface area (Å²) in [7, 11) is 0. The van der Waals surface area contributed by atoms with E-state index in [1.54, 1.807) is 18.2 Å². The number of halogens is 1. The number of carbonyl (C=O) groups excluding carboxylic acids is 1. The van der Waals surface area contributed by atoms with Gasteiger partial charge in [-0.3, -0.25) is 4.79 Å². The van der Waals surface area contributed by atoms with Crippen LogP contribution in [0.4, 0.5) is 4.39 Å². The highest BCUT2D eigenvalue weighted by Crippen LogP contribution is 2.24. The van der Waals surface area contributed by atoms with Crippen molar-refractivity contribution in [3.05, 3.63) is 71.0 Å². The monoisotopic (exact) mass is 253 g/mol. The van der Waals surface area contributed by atoms with E-state index < -0.39 is 17.5 Å². The predicted octanol–water partition coefficient (Wildman–Crippen LogP) is 3.62. The van der Waals surface area contributed by atoms with Crippen molar-refractivity contribution in [2.24, 2.45) is 0 Å². The summed E-state index contributed by atoms with van der Waals surface area (Å²) >= 11 is 0. The minimum atomic E-state index is -0.974. The second-order valence-electron chi connectivity index (χ2n) is 4.26. The van der Waals surface area contributed by atoms with Gasteiger partial charge in [-0.1, -0.05) is 36.4 Å². The Kier molecular flexibility index (Phi) is 3.72. The van der Waals surface area contributed by atoms with Gasteiger partial charge in [0.1, 0.15) is 11.7 Å². The number of benzene rings is 2. The Hall–Kier alpha value is -2.47. The second-order valence-corrected chi connectivity index (χ2v) is 4.26. The fourth-order valence-corrected chi connectivity index (χ4v) is 2.00. The molecule has 2 aromatic carbocycles. The van der Waals surface area contributed by atoms with Gasteiger partial charge in [0.25, 0.3) is 0 Å². The number of rotatable bonds is 3. The number of hydrogen-bond acceptors (Lipinski definition) is 2. The SMILES string of the molecule is Cc1ccccc1C(C#N)C(=O)c1ccccc1F. The molecule has 0 aliphatic carbocycles. The lowest BCUT2D eigenvalue weighted by molar-refractivity contribution is 0.0974. The Labute approximate surface area is 111 Å². The summed E-state index contributed by atoms with van der Waals surface area (Å²) in [6.07, 6.45) is 0. The van der Waals surface area contributed by atoms with E-state index in [4.69, 9.17) is 0 Å². The number of Topliss-reactive ketones (excluding diaryl/α,β-unsaturated/α-hetero) is 1. The molecule has 0 saturated carbocycles. The van der Waals surface area contributed by atoms with Crippen molar-refractivity contribution in [1.29, 1.82) is 5.26 Å². The maximum Gasteiger partial charge on any atom is 0.187 e. The summed E-state index contributed by atoms with van der Waals surface area (Å²) in [5.41, 5.74) is 1.43. The molecule has 2 nitrogen and oxygen atoms in total. The third-order valence-corrected chi connectivity index (χ3v) is 3.03. The highest BCUT2D eigenvalue weighted by atomic mass is 19.1. The number of carbonyl (C=O) groups is 1. The van der Waals surface area contributed by atoms with E-state index >= 15 is 0 Å². The molecule has 0 amide bonds. The van der Waals surface area contributed by atoms with Crippen molar-refractivity contribution in [2.75, 3.05) is 0 Å². The number of hydrogen-bond donors (Lipinski definition) is 0. The first kappa shape index (κ1) is 13.0. The topological polar surface area (TPSA) is 40.9 Å². The number of nitrogens with zero attached hydrogens (tertiary/aromatic N) is 1. The molecule has 0 radical (unpaired) electrons. The normalized spacial score (nSPS) is 11.6. The lowest BCUT2D eigenvalue weighted by atomic mass is 9.89. The van der Waals surface area contributed by atoms with Crippen LogP contribution in [0.3, 0.4) is 0 Å². The molecule has 0 saturated heterocycles. The molecule has 0 aliphatic heterocycles. The molecule has 0 heterocycles. The first-order valence-corrected chi connectivity index (χ1v) is 5.89. The van der Waals surface area contributed by atoms with E-state index in [1.165, 1.54) is 18.2 Å². The van der Waals surface area contributed by atoms with Gasteiger partial charge in [0, 0.05) is 0 Å². The molecular weight excluding hydrogens is 241 g/mol. The van der Waals surface area contributed by atoms with Gasteiger partial charge in [-0.05, 0) is 30.2 Å². The highest BCUT2D eigenvalue weighted by Gasteiger charge is 2.24. The third kappa shape index (κ3) is 2.53. The molecule has 0 aliphatic rings. The average molecular weight is 253 g/mol. The van der Waals surface area contributed by atoms with Gasteiger partial charge in [-0.2, -0.15) is 5.26 Å². The van der Waals surface area contributed by atoms with Crippen LogP contribution < -0.4 is 0 Å². The van der Waals surface area contributed by atoms with Crippen LogP contribution in [0.1, 0.15) is 27.4 Å². The number of ketones is 1. The molecule has 19 heavy (non-hydrogen) atoms. The third-order valence-electron chi connectivity index (χ3n) is 3.03. The lowest BCUT2D eigenvalue weighted by Crippen LogP contribution is -2.14. The van der Waals surface area contributed by atoms with Crippen molar-refractivity contribution >= 4 is 5.78 Å². The van der Waals surface area contributed by atoms with Crippen LogP contribution in [0.15, 0.2) is 48.5 Å². The molecule has 0 bridgehead atoms. The highest BCUT2D eigenvalue weighted by molar-refractivity contribution is 6.03. The fourth-order valence-electron chi connectivity index (χ4n) is 2.00. The fraction of sp³-hybridized carbons (Fsp3) is 0.125. The Morgan fingerprint density at radius 3 is 2.42 bits per heavy atom. The van der Waals surface area contributed by atoms with E-state index in [9.17, 15) is 14.4 Å². The van der Waals surface area contributed by atoms with Gasteiger partial charge in [-0.25, -0.2) is 4.39 Å². The molecule has 0 aromatic heterocycles. The number of aryl methyl sites for hydroxylation is 1. The van der Waals surface area contributed by atoms with E-state index in [0.29, 0.717) is 5.56 Å². The minimum absolute atomic E-state index is 0.0442. The summed E-state index contributed by atoms with van der Waals surface area (Å²) in [6, 6.07) is 14.8. The maximum atomic E-state index is 13.6. The number of nitriles is 1. The molecule has 1 unspecified atom stereocenters. The van der Waals surface area contributed by atoms with Gasteiger partial charge in [0.05, 0.1) is 11.6 Å². The quantitative estimate of drug-likeness (QED) is 0.784. The Morgan fingerprint density at radius 1 is 1.16 bits per heavy atom. The summed E-state index contributed by atoms with van der Waals surface area (Å²) in [5, 5.41) is 9.23. The second kappa shape index (κ2) is 5.45. The van der Waals surface area contributed by atoms with Crippen molar-refractivity contribution < 1.29 is 9.18 Å². The zero-order valence-electron chi connectivity index (χ0n) is 10.4. The van der Waals surface area contributed by atoms with Crippen LogP contribution in [-0.4, -0.2) is 5.78 Å². The molecule has 2 aromatic rings. The van der Waals surface area contributed by atoms with E-state index in [2.05, 4.69) is 0 Å².